The summed E-state index contributed by atoms with van der Waals surface area (Å²) in [4.78, 5) is 14.3. The van der Waals surface area contributed by atoms with Gasteiger partial charge in [0, 0.05) is 17.5 Å². The second-order valence-electron chi connectivity index (χ2n) is 1.90. The van der Waals surface area contributed by atoms with Gasteiger partial charge >= 0.3 is 0 Å². The van der Waals surface area contributed by atoms with Gasteiger partial charge in [-0.3, -0.25) is 9.78 Å². The predicted octanol–water partition coefficient (Wildman–Crippen LogP) is 0.363. The van der Waals surface area contributed by atoms with Gasteiger partial charge in [-0.05, 0) is 19.1 Å². The number of hydrogen-bond donors (Lipinski definition) is 1. The summed E-state index contributed by atoms with van der Waals surface area (Å²) in [5.41, 5.74) is 5.98. The van der Waals surface area contributed by atoms with Gasteiger partial charge in [0.25, 0.3) is 0 Å². The zero-order chi connectivity index (χ0) is 7.56. The Balaban J connectivity index is 3.07. The monoisotopic (exact) mass is 135 g/mol. The predicted molar refractivity (Wildman–Crippen MR) is 37.2 cm³/mol. The Morgan fingerprint density at radius 1 is 1.70 bits per heavy atom. The lowest BCUT2D eigenvalue weighted by Crippen LogP contribution is -2.10. The largest absolute Gasteiger partial charge is 0.366 e. The zero-order valence-electron chi connectivity index (χ0n) is 5.37. The van der Waals surface area contributed by atoms with E-state index in [9.17, 15) is 4.79 Å². The molecule has 0 unspecified atom stereocenters. The maximum Gasteiger partial charge on any atom is 0.248 e. The van der Waals surface area contributed by atoms with Crippen molar-refractivity contribution in [2.75, 3.05) is 0 Å². The maximum atomic E-state index is 10.5. The first kappa shape index (κ1) is 6.74. The van der Waals surface area contributed by atoms with Gasteiger partial charge in [-0.25, -0.2) is 0 Å². The van der Waals surface area contributed by atoms with Crippen molar-refractivity contribution in [2.24, 2.45) is 5.73 Å². The number of rotatable bonds is 1. The summed E-state index contributed by atoms with van der Waals surface area (Å²) in [5, 5.41) is 0. The summed E-state index contributed by atoms with van der Waals surface area (Å²) in [5.74, 6) is -0.452. The molecule has 1 aromatic rings. The van der Waals surface area contributed by atoms with Crippen LogP contribution in [0.4, 0.5) is 0 Å². The molecule has 1 aromatic heterocycles. The standard InChI is InChI=1S/C7H7N2O/c1-5-4-6(7(8)10)2-3-9-5/h2-4H,1H2,(H2,8,10). The summed E-state index contributed by atoms with van der Waals surface area (Å²) in [6.07, 6.45) is 1.50. The molecule has 0 aliphatic heterocycles. The van der Waals surface area contributed by atoms with Crippen LogP contribution in [-0.4, -0.2) is 10.9 Å². The number of hydrogen-bond acceptors (Lipinski definition) is 2. The molecular weight excluding hydrogens is 128 g/mol. The third-order valence-corrected chi connectivity index (χ3v) is 1.10. The van der Waals surface area contributed by atoms with E-state index in [1.165, 1.54) is 6.20 Å². The van der Waals surface area contributed by atoms with Crippen LogP contribution in [0.2, 0.25) is 0 Å². The topological polar surface area (TPSA) is 56.0 Å². The van der Waals surface area contributed by atoms with Gasteiger partial charge in [-0.15, -0.1) is 0 Å². The SMILES string of the molecule is [CH2]c1cc(C(N)=O)ccn1. The van der Waals surface area contributed by atoms with Gasteiger partial charge in [-0.2, -0.15) is 0 Å². The lowest BCUT2D eigenvalue weighted by molar-refractivity contribution is 0.1000. The van der Waals surface area contributed by atoms with Crippen LogP contribution in [0.5, 0.6) is 0 Å². The maximum absolute atomic E-state index is 10.5. The summed E-state index contributed by atoms with van der Waals surface area (Å²) >= 11 is 0. The van der Waals surface area contributed by atoms with Crippen LogP contribution < -0.4 is 5.73 Å². The number of amides is 1. The molecule has 0 spiro atoms. The van der Waals surface area contributed by atoms with E-state index in [1.807, 2.05) is 0 Å². The van der Waals surface area contributed by atoms with E-state index in [0.29, 0.717) is 11.3 Å². The van der Waals surface area contributed by atoms with Crippen molar-refractivity contribution in [1.82, 2.24) is 4.98 Å². The van der Waals surface area contributed by atoms with Gasteiger partial charge in [0.05, 0.1) is 0 Å². The molecule has 0 aliphatic rings. The van der Waals surface area contributed by atoms with Gasteiger partial charge < -0.3 is 5.73 Å². The Morgan fingerprint density at radius 3 is 2.80 bits per heavy atom. The molecule has 3 heteroatoms. The van der Waals surface area contributed by atoms with E-state index >= 15 is 0 Å². The molecule has 0 saturated heterocycles. The van der Waals surface area contributed by atoms with Crippen molar-refractivity contribution in [3.63, 3.8) is 0 Å². The van der Waals surface area contributed by atoms with Gasteiger partial charge in [-0.1, -0.05) is 0 Å². The van der Waals surface area contributed by atoms with E-state index < -0.39 is 5.91 Å². The molecule has 3 nitrogen and oxygen atoms in total. The van der Waals surface area contributed by atoms with Gasteiger partial charge in [0.2, 0.25) is 5.91 Å². The molecule has 1 rings (SSSR count). The highest BCUT2D eigenvalue weighted by atomic mass is 16.1. The molecule has 0 aliphatic carbocycles. The lowest BCUT2D eigenvalue weighted by atomic mass is 10.2. The Labute approximate surface area is 58.9 Å². The number of pyridine rings is 1. The van der Waals surface area contributed by atoms with E-state index in [-0.39, 0.29) is 0 Å². The van der Waals surface area contributed by atoms with Crippen LogP contribution in [0.3, 0.4) is 0 Å². The van der Waals surface area contributed by atoms with Crippen molar-refractivity contribution in [3.05, 3.63) is 36.5 Å². The van der Waals surface area contributed by atoms with Crippen molar-refractivity contribution >= 4 is 5.91 Å². The first-order valence-electron chi connectivity index (χ1n) is 2.78. The fourth-order valence-corrected chi connectivity index (χ4v) is 0.631. The van der Waals surface area contributed by atoms with E-state index in [4.69, 9.17) is 5.73 Å². The summed E-state index contributed by atoms with van der Waals surface area (Å²) in [6, 6.07) is 3.10. The Hall–Kier alpha value is -1.38. The molecule has 0 atom stereocenters. The van der Waals surface area contributed by atoms with Crippen molar-refractivity contribution in [2.45, 2.75) is 0 Å². The summed E-state index contributed by atoms with van der Waals surface area (Å²) in [7, 11) is 0. The van der Waals surface area contributed by atoms with Crippen LogP contribution in [-0.2, 0) is 0 Å². The normalized spacial score (nSPS) is 9.30. The lowest BCUT2D eigenvalue weighted by Gasteiger charge is -1.93. The number of carbonyl (C=O) groups is 1. The molecule has 10 heavy (non-hydrogen) atoms. The molecule has 0 bridgehead atoms. The number of primary amides is 1. The van der Waals surface area contributed by atoms with Crippen molar-refractivity contribution in [3.8, 4) is 0 Å². The minimum absolute atomic E-state index is 0.444. The zero-order valence-corrected chi connectivity index (χ0v) is 5.37. The molecule has 1 heterocycles. The molecule has 51 valence electrons. The van der Waals surface area contributed by atoms with Crippen LogP contribution >= 0.6 is 0 Å². The Morgan fingerprint density at radius 2 is 2.40 bits per heavy atom. The molecule has 2 N–H and O–H groups in total. The first-order valence-corrected chi connectivity index (χ1v) is 2.78. The second-order valence-corrected chi connectivity index (χ2v) is 1.90. The highest BCUT2D eigenvalue weighted by Gasteiger charge is 1.97. The van der Waals surface area contributed by atoms with Crippen LogP contribution in [0.15, 0.2) is 18.3 Å². The average Bonchev–Trinajstić information content (AvgIpc) is 1.88. The molecule has 1 amide bonds. The number of carbonyl (C=O) groups excluding carboxylic acids is 1. The molecule has 1 radical (unpaired) electrons. The van der Waals surface area contributed by atoms with E-state index in [2.05, 4.69) is 11.9 Å². The molecule has 0 fully saturated rings. The van der Waals surface area contributed by atoms with E-state index in [1.54, 1.807) is 12.1 Å². The van der Waals surface area contributed by atoms with Crippen molar-refractivity contribution < 1.29 is 4.79 Å². The average molecular weight is 135 g/mol. The smallest absolute Gasteiger partial charge is 0.248 e. The minimum Gasteiger partial charge on any atom is -0.366 e. The summed E-state index contributed by atoms with van der Waals surface area (Å²) in [6.45, 7) is 3.54. The highest BCUT2D eigenvalue weighted by molar-refractivity contribution is 5.92. The quantitative estimate of drug-likeness (QED) is 0.604. The number of aromatic nitrogens is 1. The third-order valence-electron chi connectivity index (χ3n) is 1.10. The van der Waals surface area contributed by atoms with Crippen LogP contribution in [0.25, 0.3) is 0 Å². The minimum atomic E-state index is -0.452. The Bertz CT molecular complexity index is 258. The number of nitrogens with zero attached hydrogens (tertiary/aromatic N) is 1. The highest BCUT2D eigenvalue weighted by Crippen LogP contribution is 1.97. The van der Waals surface area contributed by atoms with Crippen molar-refractivity contribution in [1.29, 1.82) is 0 Å². The van der Waals surface area contributed by atoms with Crippen LogP contribution in [0.1, 0.15) is 16.1 Å². The van der Waals surface area contributed by atoms with Gasteiger partial charge in [0.15, 0.2) is 0 Å². The molecular formula is C7H7N2O. The fourth-order valence-electron chi connectivity index (χ4n) is 0.631. The third kappa shape index (κ3) is 1.31. The molecule has 0 saturated carbocycles. The first-order chi connectivity index (χ1) is 4.70. The molecule has 0 aromatic carbocycles. The number of nitrogens with two attached hydrogens (primary N) is 1. The fraction of sp³-hybridized carbons (Fsp3) is 0. The Kier molecular flexibility index (Phi) is 1.67. The van der Waals surface area contributed by atoms with Gasteiger partial charge in [0.1, 0.15) is 0 Å². The van der Waals surface area contributed by atoms with Crippen LogP contribution in [0, 0.1) is 6.92 Å². The van der Waals surface area contributed by atoms with E-state index in [0.717, 1.165) is 0 Å². The summed E-state index contributed by atoms with van der Waals surface area (Å²) < 4.78 is 0. The second kappa shape index (κ2) is 2.47.